The predicted molar refractivity (Wildman–Crippen MR) is 80.8 cm³/mol. The molecule has 1 atom stereocenters. The zero-order chi connectivity index (χ0) is 14.8. The molecular weight excluding hydrogens is 252 g/mol. The summed E-state index contributed by atoms with van der Waals surface area (Å²) in [6.07, 6.45) is 6.83. The fraction of sp³-hybridized carbons (Fsp3) is 0.588. The third-order valence-corrected chi connectivity index (χ3v) is 3.19. The van der Waals surface area contributed by atoms with E-state index in [0.717, 1.165) is 6.42 Å². The molecule has 1 rings (SSSR count). The molecule has 0 radical (unpaired) electrons. The van der Waals surface area contributed by atoms with Crippen LogP contribution in [0.1, 0.15) is 57.9 Å². The third kappa shape index (κ3) is 7.29. The lowest BCUT2D eigenvalue weighted by Crippen LogP contribution is -2.14. The van der Waals surface area contributed by atoms with Crippen LogP contribution >= 0.6 is 0 Å². The molecule has 0 aliphatic carbocycles. The predicted octanol–water partition coefficient (Wildman–Crippen LogP) is 3.88. The lowest BCUT2D eigenvalue weighted by atomic mass is 10.1. The van der Waals surface area contributed by atoms with Crippen molar-refractivity contribution >= 4 is 5.97 Å². The van der Waals surface area contributed by atoms with Gasteiger partial charge in [0.2, 0.25) is 0 Å². The molecule has 0 saturated heterocycles. The molecule has 1 aromatic carbocycles. The Hall–Kier alpha value is -1.35. The monoisotopic (exact) mass is 278 g/mol. The zero-order valence-corrected chi connectivity index (χ0v) is 12.6. The van der Waals surface area contributed by atoms with Gasteiger partial charge < -0.3 is 9.84 Å². The lowest BCUT2D eigenvalue weighted by molar-refractivity contribution is -0.136. The summed E-state index contributed by atoms with van der Waals surface area (Å²) in [5, 5.41) is 9.10. The molecule has 3 nitrogen and oxygen atoms in total. The number of aliphatic hydroxyl groups is 1. The van der Waals surface area contributed by atoms with Crippen LogP contribution in [-0.4, -0.2) is 17.2 Å². The standard InChI is InChI=1S/C17H26O3/c1-3-4-5-6-7-8-15-9-11-16(12-10-15)20-17(19)13-14(2)18/h9-12,14,18H,3-8,13H2,1-2H3/t14-/m1/s1. The van der Waals surface area contributed by atoms with Crippen molar-refractivity contribution in [3.05, 3.63) is 29.8 Å². The molecule has 0 saturated carbocycles. The maximum absolute atomic E-state index is 11.4. The molecule has 0 fully saturated rings. The van der Waals surface area contributed by atoms with Crippen LogP contribution in [0.2, 0.25) is 0 Å². The lowest BCUT2D eigenvalue weighted by Gasteiger charge is -2.07. The molecule has 112 valence electrons. The summed E-state index contributed by atoms with van der Waals surface area (Å²) in [6, 6.07) is 7.65. The van der Waals surface area contributed by atoms with Crippen molar-refractivity contribution in [2.45, 2.75) is 64.9 Å². The third-order valence-electron chi connectivity index (χ3n) is 3.19. The fourth-order valence-corrected chi connectivity index (χ4v) is 2.07. The van der Waals surface area contributed by atoms with Gasteiger partial charge in [0.05, 0.1) is 12.5 Å². The van der Waals surface area contributed by atoms with Crippen molar-refractivity contribution in [2.75, 3.05) is 0 Å². The van der Waals surface area contributed by atoms with Gasteiger partial charge in [0, 0.05) is 0 Å². The summed E-state index contributed by atoms with van der Waals surface area (Å²) in [6.45, 7) is 3.79. The molecule has 0 bridgehead atoms. The number of esters is 1. The summed E-state index contributed by atoms with van der Waals surface area (Å²) in [4.78, 5) is 11.4. The second kappa shape index (κ2) is 9.54. The molecule has 0 aliphatic heterocycles. The highest BCUT2D eigenvalue weighted by molar-refractivity contribution is 5.72. The van der Waals surface area contributed by atoms with Crippen molar-refractivity contribution in [1.29, 1.82) is 0 Å². The van der Waals surface area contributed by atoms with E-state index in [0.29, 0.717) is 5.75 Å². The Morgan fingerprint density at radius 3 is 2.40 bits per heavy atom. The SMILES string of the molecule is CCCCCCCc1ccc(OC(=O)C[C@@H](C)O)cc1. The summed E-state index contributed by atoms with van der Waals surface area (Å²) in [7, 11) is 0. The number of benzene rings is 1. The first-order valence-electron chi connectivity index (χ1n) is 7.59. The Balaban J connectivity index is 2.31. The molecule has 20 heavy (non-hydrogen) atoms. The van der Waals surface area contributed by atoms with E-state index in [-0.39, 0.29) is 6.42 Å². The molecular formula is C17H26O3. The van der Waals surface area contributed by atoms with E-state index >= 15 is 0 Å². The molecule has 0 spiro atoms. The number of aliphatic hydroxyl groups excluding tert-OH is 1. The number of aryl methyl sites for hydroxylation is 1. The van der Waals surface area contributed by atoms with E-state index in [1.807, 2.05) is 24.3 Å². The largest absolute Gasteiger partial charge is 0.426 e. The van der Waals surface area contributed by atoms with E-state index in [1.54, 1.807) is 6.92 Å². The summed E-state index contributed by atoms with van der Waals surface area (Å²) >= 11 is 0. The first-order chi connectivity index (χ1) is 9.61. The van der Waals surface area contributed by atoms with Crippen LogP contribution < -0.4 is 4.74 Å². The number of carbonyl (C=O) groups excluding carboxylic acids is 1. The summed E-state index contributed by atoms with van der Waals surface area (Å²) in [5.74, 6) is 0.151. The second-order valence-electron chi connectivity index (χ2n) is 5.34. The Bertz CT molecular complexity index is 382. The van der Waals surface area contributed by atoms with E-state index in [2.05, 4.69) is 6.92 Å². The molecule has 0 unspecified atom stereocenters. The van der Waals surface area contributed by atoms with Crippen LogP contribution in [0.5, 0.6) is 5.75 Å². The highest BCUT2D eigenvalue weighted by Gasteiger charge is 2.08. The molecule has 0 amide bonds. The van der Waals surface area contributed by atoms with Crippen molar-refractivity contribution in [1.82, 2.24) is 0 Å². The molecule has 0 heterocycles. The number of carbonyl (C=O) groups is 1. The second-order valence-corrected chi connectivity index (χ2v) is 5.34. The van der Waals surface area contributed by atoms with Crippen LogP contribution in [0.3, 0.4) is 0 Å². The minimum absolute atomic E-state index is 0.0270. The molecule has 0 aliphatic rings. The molecule has 1 aromatic rings. The van der Waals surface area contributed by atoms with Gasteiger partial charge in [-0.1, -0.05) is 44.7 Å². The van der Waals surface area contributed by atoms with Gasteiger partial charge in [-0.2, -0.15) is 0 Å². The topological polar surface area (TPSA) is 46.5 Å². The average Bonchev–Trinajstić information content (AvgIpc) is 2.39. The maximum Gasteiger partial charge on any atom is 0.313 e. The normalized spacial score (nSPS) is 12.2. The number of rotatable bonds is 9. The van der Waals surface area contributed by atoms with Gasteiger partial charge >= 0.3 is 5.97 Å². The van der Waals surface area contributed by atoms with E-state index in [1.165, 1.54) is 37.7 Å². The van der Waals surface area contributed by atoms with Crippen molar-refractivity contribution in [2.24, 2.45) is 0 Å². The van der Waals surface area contributed by atoms with Gasteiger partial charge in [-0.05, 0) is 37.5 Å². The van der Waals surface area contributed by atoms with Gasteiger partial charge in [0.15, 0.2) is 0 Å². The first kappa shape index (κ1) is 16.7. The van der Waals surface area contributed by atoms with Gasteiger partial charge in [0.1, 0.15) is 5.75 Å². The van der Waals surface area contributed by atoms with Crippen LogP contribution in [0.4, 0.5) is 0 Å². The Kier molecular flexibility index (Phi) is 7.97. The minimum Gasteiger partial charge on any atom is -0.426 e. The van der Waals surface area contributed by atoms with Gasteiger partial charge in [-0.25, -0.2) is 0 Å². The van der Waals surface area contributed by atoms with Crippen LogP contribution in [0.15, 0.2) is 24.3 Å². The number of hydrogen-bond donors (Lipinski definition) is 1. The quantitative estimate of drug-likeness (QED) is 0.423. The van der Waals surface area contributed by atoms with Crippen LogP contribution in [0, 0.1) is 0 Å². The van der Waals surface area contributed by atoms with Gasteiger partial charge in [-0.3, -0.25) is 4.79 Å². The minimum atomic E-state index is -0.662. The summed E-state index contributed by atoms with van der Waals surface area (Å²) in [5.41, 5.74) is 1.27. The maximum atomic E-state index is 11.4. The first-order valence-corrected chi connectivity index (χ1v) is 7.59. The van der Waals surface area contributed by atoms with E-state index in [4.69, 9.17) is 9.84 Å². The van der Waals surface area contributed by atoms with Gasteiger partial charge in [0.25, 0.3) is 0 Å². The van der Waals surface area contributed by atoms with Crippen LogP contribution in [-0.2, 0) is 11.2 Å². The Morgan fingerprint density at radius 1 is 1.15 bits per heavy atom. The van der Waals surface area contributed by atoms with Crippen LogP contribution in [0.25, 0.3) is 0 Å². The number of unbranched alkanes of at least 4 members (excludes halogenated alkanes) is 4. The Labute approximate surface area is 122 Å². The highest BCUT2D eigenvalue weighted by Crippen LogP contribution is 2.15. The molecule has 1 N–H and O–H groups in total. The number of ether oxygens (including phenoxy) is 1. The smallest absolute Gasteiger partial charge is 0.313 e. The van der Waals surface area contributed by atoms with E-state index in [9.17, 15) is 4.79 Å². The van der Waals surface area contributed by atoms with Crippen molar-refractivity contribution in [3.63, 3.8) is 0 Å². The van der Waals surface area contributed by atoms with Crippen molar-refractivity contribution < 1.29 is 14.6 Å². The summed E-state index contributed by atoms with van der Waals surface area (Å²) < 4.78 is 5.14. The fourth-order valence-electron chi connectivity index (χ4n) is 2.07. The van der Waals surface area contributed by atoms with E-state index < -0.39 is 12.1 Å². The molecule has 3 heteroatoms. The van der Waals surface area contributed by atoms with Crippen molar-refractivity contribution in [3.8, 4) is 5.75 Å². The average molecular weight is 278 g/mol. The highest BCUT2D eigenvalue weighted by atomic mass is 16.5. The van der Waals surface area contributed by atoms with Gasteiger partial charge in [-0.15, -0.1) is 0 Å². The molecule has 0 aromatic heterocycles. The number of hydrogen-bond acceptors (Lipinski definition) is 3. The Morgan fingerprint density at radius 2 is 1.80 bits per heavy atom. The zero-order valence-electron chi connectivity index (χ0n) is 12.6.